The fraction of sp³-hybridized carbons (Fsp3) is 0.500. The number of carbonyl (C=O) groups excluding carboxylic acids is 1. The number of hydrogen-bond acceptors (Lipinski definition) is 3. The third-order valence-corrected chi connectivity index (χ3v) is 4.69. The van der Waals surface area contributed by atoms with E-state index in [2.05, 4.69) is 5.32 Å². The molecule has 1 aliphatic rings. The first-order valence-electron chi connectivity index (χ1n) is 7.25. The van der Waals surface area contributed by atoms with Gasteiger partial charge in [0, 0.05) is 5.69 Å². The Morgan fingerprint density at radius 3 is 2.52 bits per heavy atom. The Kier molecular flexibility index (Phi) is 4.83. The average Bonchev–Trinajstić information content (AvgIpc) is 2.49. The van der Waals surface area contributed by atoms with E-state index in [-0.39, 0.29) is 5.91 Å². The Bertz CT molecular complexity index is 551. The van der Waals surface area contributed by atoms with Crippen molar-refractivity contribution in [1.29, 1.82) is 0 Å². The topological polar surface area (TPSA) is 64.3 Å². The zero-order valence-electron chi connectivity index (χ0n) is 12.6. The van der Waals surface area contributed by atoms with Gasteiger partial charge in [-0.2, -0.15) is 0 Å². The van der Waals surface area contributed by atoms with Gasteiger partial charge in [-0.05, 0) is 43.5 Å². The van der Waals surface area contributed by atoms with E-state index in [1.807, 2.05) is 25.1 Å². The SMILES string of the molecule is COc1ccc(NC(=O)C2(C(N)=S)CCCCC2)c(C)c1. The summed E-state index contributed by atoms with van der Waals surface area (Å²) in [6.07, 6.45) is 4.60. The van der Waals surface area contributed by atoms with Crippen LogP contribution < -0.4 is 15.8 Å². The second-order valence-electron chi connectivity index (χ2n) is 5.64. The van der Waals surface area contributed by atoms with Crippen LogP contribution in [0.15, 0.2) is 18.2 Å². The average molecular weight is 306 g/mol. The number of methoxy groups -OCH3 is 1. The van der Waals surface area contributed by atoms with Gasteiger partial charge in [-0.3, -0.25) is 4.79 Å². The standard InChI is InChI=1S/C16H22N2O2S/c1-11-10-12(20-2)6-7-13(11)18-15(19)16(14(17)21)8-4-3-5-9-16/h6-7,10H,3-5,8-9H2,1-2H3,(H2,17,21)(H,18,19). The van der Waals surface area contributed by atoms with Crippen molar-refractivity contribution in [2.75, 3.05) is 12.4 Å². The number of hydrogen-bond donors (Lipinski definition) is 2. The van der Waals surface area contributed by atoms with Gasteiger partial charge in [-0.15, -0.1) is 0 Å². The van der Waals surface area contributed by atoms with Crippen LogP contribution >= 0.6 is 12.2 Å². The number of rotatable bonds is 4. The highest BCUT2D eigenvalue weighted by atomic mass is 32.1. The molecule has 5 heteroatoms. The van der Waals surface area contributed by atoms with Crippen molar-refractivity contribution in [3.05, 3.63) is 23.8 Å². The van der Waals surface area contributed by atoms with E-state index in [0.717, 1.165) is 49.1 Å². The molecule has 1 aromatic rings. The van der Waals surface area contributed by atoms with E-state index < -0.39 is 5.41 Å². The second-order valence-corrected chi connectivity index (χ2v) is 6.08. The monoisotopic (exact) mass is 306 g/mol. The summed E-state index contributed by atoms with van der Waals surface area (Å²) in [6, 6.07) is 5.57. The number of carbonyl (C=O) groups is 1. The zero-order valence-corrected chi connectivity index (χ0v) is 13.4. The molecule has 1 fully saturated rings. The number of nitrogens with two attached hydrogens (primary N) is 1. The molecular formula is C16H22N2O2S. The summed E-state index contributed by atoms with van der Waals surface area (Å²) in [4.78, 5) is 13.0. The van der Waals surface area contributed by atoms with Gasteiger partial charge in [0.15, 0.2) is 0 Å². The fourth-order valence-electron chi connectivity index (χ4n) is 2.89. The summed E-state index contributed by atoms with van der Waals surface area (Å²) < 4.78 is 5.18. The molecule has 2 rings (SSSR count). The van der Waals surface area contributed by atoms with Crippen LogP contribution in [0.1, 0.15) is 37.7 Å². The molecule has 1 aliphatic carbocycles. The lowest BCUT2D eigenvalue weighted by Crippen LogP contribution is -2.47. The van der Waals surface area contributed by atoms with Gasteiger partial charge in [0.05, 0.1) is 17.5 Å². The molecule has 4 nitrogen and oxygen atoms in total. The fourth-order valence-corrected chi connectivity index (χ4v) is 3.18. The van der Waals surface area contributed by atoms with Crippen molar-refractivity contribution in [3.63, 3.8) is 0 Å². The molecule has 114 valence electrons. The third-order valence-electron chi connectivity index (χ3n) is 4.30. The maximum atomic E-state index is 12.7. The van der Waals surface area contributed by atoms with Crippen molar-refractivity contribution in [3.8, 4) is 5.75 Å². The molecule has 0 heterocycles. The number of benzene rings is 1. The van der Waals surface area contributed by atoms with Crippen molar-refractivity contribution < 1.29 is 9.53 Å². The van der Waals surface area contributed by atoms with Crippen LogP contribution in [0.4, 0.5) is 5.69 Å². The molecule has 0 spiro atoms. The quantitative estimate of drug-likeness (QED) is 0.839. The van der Waals surface area contributed by atoms with E-state index in [0.29, 0.717) is 4.99 Å². The van der Waals surface area contributed by atoms with Crippen LogP contribution in [0.3, 0.4) is 0 Å². The van der Waals surface area contributed by atoms with E-state index in [1.165, 1.54) is 0 Å². The van der Waals surface area contributed by atoms with Crippen LogP contribution in [-0.2, 0) is 4.79 Å². The number of amides is 1. The Labute approximate surface area is 131 Å². The maximum absolute atomic E-state index is 12.7. The van der Waals surface area contributed by atoms with Crippen LogP contribution in [-0.4, -0.2) is 18.0 Å². The minimum absolute atomic E-state index is 0.0806. The Balaban J connectivity index is 2.21. The number of ether oxygens (including phenoxy) is 1. The minimum Gasteiger partial charge on any atom is -0.497 e. The molecule has 0 aliphatic heterocycles. The molecule has 0 atom stereocenters. The molecule has 0 unspecified atom stereocenters. The molecule has 1 amide bonds. The highest BCUT2D eigenvalue weighted by Crippen LogP contribution is 2.38. The van der Waals surface area contributed by atoms with Gasteiger partial charge in [0.25, 0.3) is 0 Å². The Hall–Kier alpha value is -1.62. The summed E-state index contributed by atoms with van der Waals surface area (Å²) in [5.41, 5.74) is 6.93. The zero-order chi connectivity index (χ0) is 15.5. The minimum atomic E-state index is -0.694. The normalized spacial score (nSPS) is 17.0. The molecule has 1 saturated carbocycles. The highest BCUT2D eigenvalue weighted by molar-refractivity contribution is 7.80. The largest absolute Gasteiger partial charge is 0.497 e. The van der Waals surface area contributed by atoms with E-state index >= 15 is 0 Å². The van der Waals surface area contributed by atoms with Gasteiger partial charge < -0.3 is 15.8 Å². The van der Waals surface area contributed by atoms with Crippen molar-refractivity contribution in [2.24, 2.45) is 11.1 Å². The Morgan fingerprint density at radius 1 is 1.33 bits per heavy atom. The molecule has 0 aromatic heterocycles. The molecule has 21 heavy (non-hydrogen) atoms. The van der Waals surface area contributed by atoms with Gasteiger partial charge in [0.2, 0.25) is 5.91 Å². The third kappa shape index (κ3) is 3.18. The molecule has 0 bridgehead atoms. The first-order valence-corrected chi connectivity index (χ1v) is 7.66. The first-order chi connectivity index (χ1) is 9.99. The van der Waals surface area contributed by atoms with Crippen molar-refractivity contribution in [1.82, 2.24) is 0 Å². The molecule has 1 aromatic carbocycles. The van der Waals surface area contributed by atoms with E-state index in [9.17, 15) is 4.79 Å². The van der Waals surface area contributed by atoms with Crippen LogP contribution in [0.2, 0.25) is 0 Å². The highest BCUT2D eigenvalue weighted by Gasteiger charge is 2.42. The lowest BCUT2D eigenvalue weighted by Gasteiger charge is -2.34. The summed E-state index contributed by atoms with van der Waals surface area (Å²) in [5.74, 6) is 0.690. The molecular weight excluding hydrogens is 284 g/mol. The smallest absolute Gasteiger partial charge is 0.237 e. The van der Waals surface area contributed by atoms with Gasteiger partial charge >= 0.3 is 0 Å². The van der Waals surface area contributed by atoms with Gasteiger partial charge in [0.1, 0.15) is 5.75 Å². The Morgan fingerprint density at radius 2 is 2.00 bits per heavy atom. The molecule has 3 N–H and O–H groups in total. The van der Waals surface area contributed by atoms with Crippen LogP contribution in [0.5, 0.6) is 5.75 Å². The lowest BCUT2D eigenvalue weighted by molar-refractivity contribution is -0.123. The van der Waals surface area contributed by atoms with E-state index in [1.54, 1.807) is 7.11 Å². The predicted molar refractivity (Wildman–Crippen MR) is 88.7 cm³/mol. The number of nitrogens with one attached hydrogen (secondary N) is 1. The van der Waals surface area contributed by atoms with E-state index in [4.69, 9.17) is 22.7 Å². The first kappa shape index (κ1) is 15.8. The van der Waals surface area contributed by atoms with Crippen molar-refractivity contribution in [2.45, 2.75) is 39.0 Å². The number of anilines is 1. The summed E-state index contributed by atoms with van der Waals surface area (Å²) in [6.45, 7) is 1.94. The van der Waals surface area contributed by atoms with Gasteiger partial charge in [-0.1, -0.05) is 31.5 Å². The summed E-state index contributed by atoms with van der Waals surface area (Å²) in [5, 5.41) is 2.99. The maximum Gasteiger partial charge on any atom is 0.237 e. The lowest BCUT2D eigenvalue weighted by atomic mass is 9.73. The molecule has 0 radical (unpaired) electrons. The summed E-state index contributed by atoms with van der Waals surface area (Å²) in [7, 11) is 1.62. The van der Waals surface area contributed by atoms with Crippen molar-refractivity contribution >= 4 is 28.8 Å². The second kappa shape index (κ2) is 6.43. The van der Waals surface area contributed by atoms with Crippen LogP contribution in [0, 0.1) is 12.3 Å². The molecule has 0 saturated heterocycles. The predicted octanol–water partition coefficient (Wildman–Crippen LogP) is 3.18. The number of aryl methyl sites for hydroxylation is 1. The van der Waals surface area contributed by atoms with Gasteiger partial charge in [-0.25, -0.2) is 0 Å². The summed E-state index contributed by atoms with van der Waals surface area (Å²) >= 11 is 5.19. The number of thiocarbonyl (C=S) groups is 1. The van der Waals surface area contributed by atoms with Crippen LogP contribution in [0.25, 0.3) is 0 Å².